The zero-order chi connectivity index (χ0) is 23.1. The number of Topliss-reactive ketones (excluding diaryl/α,β-unsaturated/α-hetero) is 1. The number of hydrogen-bond donors (Lipinski definition) is 1. The molecule has 166 valence electrons. The van der Waals surface area contributed by atoms with E-state index in [0.717, 1.165) is 0 Å². The molecule has 11 heteroatoms. The van der Waals surface area contributed by atoms with Crippen molar-refractivity contribution in [2.75, 3.05) is 33.8 Å². The number of nitrogens with zero attached hydrogens (tertiary/aromatic N) is 2. The summed E-state index contributed by atoms with van der Waals surface area (Å²) < 4.78 is 20.8. The Morgan fingerprint density at radius 2 is 1.52 bits per heavy atom. The number of hydrogen-bond acceptors (Lipinski definition) is 8. The van der Waals surface area contributed by atoms with Crippen LogP contribution in [0.1, 0.15) is 6.92 Å². The number of ether oxygens (including phenoxy) is 4. The van der Waals surface area contributed by atoms with Crippen LogP contribution in [0.25, 0.3) is 0 Å². The molecule has 0 aliphatic carbocycles. The van der Waals surface area contributed by atoms with Gasteiger partial charge in [-0.15, -0.1) is 0 Å². The number of methoxy groups -OCH3 is 4. The maximum absolute atomic E-state index is 12.7. The van der Waals surface area contributed by atoms with E-state index in [9.17, 15) is 9.59 Å². The molecule has 31 heavy (non-hydrogen) atoms. The number of azo groups is 1. The smallest absolute Gasteiger partial charge is 0.258 e. The molecule has 1 amide bonds. The van der Waals surface area contributed by atoms with Crippen LogP contribution in [0.3, 0.4) is 0 Å². The van der Waals surface area contributed by atoms with E-state index in [1.165, 1.54) is 59.6 Å². The molecule has 0 saturated heterocycles. The summed E-state index contributed by atoms with van der Waals surface area (Å²) in [6, 6.07) is 4.62. The molecule has 0 fully saturated rings. The number of amides is 1. The lowest BCUT2D eigenvalue weighted by Crippen LogP contribution is -2.31. The Kier molecular flexibility index (Phi) is 8.47. The number of carbonyl (C=O) groups excluding carboxylic acids is 2. The predicted octanol–water partition coefficient (Wildman–Crippen LogP) is 4.71. The largest absolute Gasteiger partial charge is 0.495 e. The molecule has 2 rings (SSSR count). The van der Waals surface area contributed by atoms with Crippen molar-refractivity contribution in [3.63, 3.8) is 0 Å². The van der Waals surface area contributed by atoms with Gasteiger partial charge >= 0.3 is 0 Å². The van der Waals surface area contributed by atoms with Crippen molar-refractivity contribution in [1.29, 1.82) is 0 Å². The van der Waals surface area contributed by atoms with Crippen LogP contribution in [0, 0.1) is 0 Å². The van der Waals surface area contributed by atoms with E-state index >= 15 is 0 Å². The average molecular weight is 470 g/mol. The minimum atomic E-state index is -1.42. The Labute approximate surface area is 189 Å². The van der Waals surface area contributed by atoms with Gasteiger partial charge in [0, 0.05) is 17.8 Å². The maximum atomic E-state index is 12.7. The molecule has 1 atom stereocenters. The van der Waals surface area contributed by atoms with E-state index in [2.05, 4.69) is 15.5 Å². The Bertz CT molecular complexity index is 988. The van der Waals surface area contributed by atoms with Crippen LogP contribution in [-0.4, -0.2) is 46.2 Å². The van der Waals surface area contributed by atoms with Crippen LogP contribution in [0.15, 0.2) is 34.5 Å². The van der Waals surface area contributed by atoms with Crippen LogP contribution in [-0.2, 0) is 9.59 Å². The zero-order valence-electron chi connectivity index (χ0n) is 17.5. The van der Waals surface area contributed by atoms with Crippen LogP contribution in [0.5, 0.6) is 23.0 Å². The van der Waals surface area contributed by atoms with Crippen molar-refractivity contribution in [2.24, 2.45) is 10.2 Å². The summed E-state index contributed by atoms with van der Waals surface area (Å²) in [5.74, 6) is -0.180. The highest BCUT2D eigenvalue weighted by atomic mass is 35.5. The van der Waals surface area contributed by atoms with Crippen LogP contribution >= 0.6 is 23.2 Å². The van der Waals surface area contributed by atoms with E-state index < -0.39 is 17.7 Å². The lowest BCUT2D eigenvalue weighted by Gasteiger charge is -2.14. The predicted molar refractivity (Wildman–Crippen MR) is 117 cm³/mol. The third-order valence-corrected chi connectivity index (χ3v) is 4.75. The third kappa shape index (κ3) is 5.56. The number of benzene rings is 2. The summed E-state index contributed by atoms with van der Waals surface area (Å²) in [7, 11) is 5.67. The van der Waals surface area contributed by atoms with Gasteiger partial charge in [-0.25, -0.2) is 0 Å². The van der Waals surface area contributed by atoms with Gasteiger partial charge in [-0.2, -0.15) is 10.2 Å². The molecule has 0 radical (unpaired) electrons. The molecule has 0 bridgehead atoms. The zero-order valence-corrected chi connectivity index (χ0v) is 19.0. The number of rotatable bonds is 9. The normalized spacial score (nSPS) is 11.7. The first kappa shape index (κ1) is 24.2. The molecule has 0 saturated carbocycles. The van der Waals surface area contributed by atoms with Gasteiger partial charge in [-0.05, 0) is 19.1 Å². The van der Waals surface area contributed by atoms with Gasteiger partial charge in [0.2, 0.25) is 6.04 Å². The molecule has 0 spiro atoms. The molecular formula is C20H21Cl2N3O6. The fraction of sp³-hybridized carbons (Fsp3) is 0.300. The van der Waals surface area contributed by atoms with Gasteiger partial charge in [0.1, 0.15) is 22.2 Å². The number of halogens is 2. The molecule has 9 nitrogen and oxygen atoms in total. The molecule has 1 unspecified atom stereocenters. The van der Waals surface area contributed by atoms with Crippen molar-refractivity contribution in [3.05, 3.63) is 34.3 Å². The molecule has 2 aromatic rings. The second-order valence-electron chi connectivity index (χ2n) is 6.05. The highest BCUT2D eigenvalue weighted by molar-refractivity contribution is 6.33. The fourth-order valence-electron chi connectivity index (χ4n) is 2.58. The number of anilines is 1. The Balaban J connectivity index is 2.34. The average Bonchev–Trinajstić information content (AvgIpc) is 2.75. The molecule has 1 N–H and O–H groups in total. The minimum Gasteiger partial charge on any atom is -0.495 e. The summed E-state index contributed by atoms with van der Waals surface area (Å²) in [5.41, 5.74) is 0.535. The lowest BCUT2D eigenvalue weighted by atomic mass is 10.2. The Morgan fingerprint density at radius 1 is 0.935 bits per heavy atom. The van der Waals surface area contributed by atoms with Gasteiger partial charge in [-0.1, -0.05) is 23.2 Å². The van der Waals surface area contributed by atoms with Crippen LogP contribution in [0.2, 0.25) is 10.0 Å². The summed E-state index contributed by atoms with van der Waals surface area (Å²) in [5, 5.41) is 11.0. The van der Waals surface area contributed by atoms with Crippen molar-refractivity contribution >= 4 is 46.3 Å². The first-order chi connectivity index (χ1) is 14.8. The minimum absolute atomic E-state index is 0.216. The maximum Gasteiger partial charge on any atom is 0.258 e. The Morgan fingerprint density at radius 3 is 2.00 bits per heavy atom. The van der Waals surface area contributed by atoms with Crippen LogP contribution in [0.4, 0.5) is 11.4 Å². The van der Waals surface area contributed by atoms with E-state index in [0.29, 0.717) is 10.7 Å². The SMILES string of the molecule is COc1cc(NC(=O)C(N=Nc2ccc(Cl)c(OC)c2OC)C(C)=O)cc(OC)c1Cl. The number of carbonyl (C=O) groups is 2. The highest BCUT2D eigenvalue weighted by Gasteiger charge is 2.25. The summed E-state index contributed by atoms with van der Waals surface area (Å²) in [6.07, 6.45) is 0. The monoisotopic (exact) mass is 469 g/mol. The van der Waals surface area contributed by atoms with E-state index in [-0.39, 0.29) is 33.7 Å². The third-order valence-electron chi connectivity index (χ3n) is 4.08. The fourth-order valence-corrected chi connectivity index (χ4v) is 3.07. The number of nitrogens with one attached hydrogen (secondary N) is 1. The van der Waals surface area contributed by atoms with Crippen molar-refractivity contribution in [1.82, 2.24) is 0 Å². The highest BCUT2D eigenvalue weighted by Crippen LogP contribution is 2.42. The van der Waals surface area contributed by atoms with E-state index in [1.807, 2.05) is 0 Å². The quantitative estimate of drug-likeness (QED) is 0.420. The van der Waals surface area contributed by atoms with E-state index in [1.54, 1.807) is 0 Å². The van der Waals surface area contributed by atoms with Gasteiger partial charge in [0.25, 0.3) is 5.91 Å². The molecule has 0 heterocycles. The molecule has 2 aromatic carbocycles. The van der Waals surface area contributed by atoms with Gasteiger partial charge in [0.05, 0.1) is 33.5 Å². The molecule has 0 aliphatic rings. The van der Waals surface area contributed by atoms with Crippen molar-refractivity contribution in [3.8, 4) is 23.0 Å². The molecule has 0 aliphatic heterocycles. The second kappa shape index (κ2) is 10.8. The molecular weight excluding hydrogens is 449 g/mol. The number of ketones is 1. The Hall–Kier alpha value is -3.04. The van der Waals surface area contributed by atoms with Crippen LogP contribution < -0.4 is 24.3 Å². The molecule has 0 aromatic heterocycles. The van der Waals surface area contributed by atoms with E-state index in [4.69, 9.17) is 42.1 Å². The lowest BCUT2D eigenvalue weighted by molar-refractivity contribution is -0.126. The standard InChI is InChI=1S/C20H21Cl2N3O6/c1-10(26)17(25-24-13-7-6-12(21)18(30-4)19(13)31-5)20(27)23-11-8-14(28-2)16(22)15(9-11)29-3/h6-9,17H,1-5H3,(H,23,27). The van der Waals surface area contributed by atoms with Gasteiger partial charge in [-0.3, -0.25) is 9.59 Å². The van der Waals surface area contributed by atoms with Crippen molar-refractivity contribution < 1.29 is 28.5 Å². The van der Waals surface area contributed by atoms with Gasteiger partial charge < -0.3 is 24.3 Å². The first-order valence-electron chi connectivity index (χ1n) is 8.81. The summed E-state index contributed by atoms with van der Waals surface area (Å²) in [6.45, 7) is 1.23. The second-order valence-corrected chi connectivity index (χ2v) is 6.83. The summed E-state index contributed by atoms with van der Waals surface area (Å²) >= 11 is 12.2. The summed E-state index contributed by atoms with van der Waals surface area (Å²) in [4.78, 5) is 24.8. The van der Waals surface area contributed by atoms with Crippen molar-refractivity contribution in [2.45, 2.75) is 13.0 Å². The van der Waals surface area contributed by atoms with Gasteiger partial charge in [0.15, 0.2) is 17.3 Å². The topological polar surface area (TPSA) is 108 Å². The first-order valence-corrected chi connectivity index (χ1v) is 9.57.